The predicted molar refractivity (Wildman–Crippen MR) is 139 cm³/mol. The highest BCUT2D eigenvalue weighted by atomic mass is 32.2. The first kappa shape index (κ1) is 27.1. The molecule has 214 valence electrons. The molecule has 0 bridgehead atoms. The SMILES string of the molecule is Cn1cc(S(=O)(=O)N2CCC3=Cc4c(cnn4-c4ccc(F)cc4)C[C@]3(COc3ncccc3C(F)(F)F)C2)cn1. The van der Waals surface area contributed by atoms with Crippen molar-refractivity contribution in [3.63, 3.8) is 0 Å². The first-order valence-electron chi connectivity index (χ1n) is 12.6. The van der Waals surface area contributed by atoms with E-state index in [0.717, 1.165) is 22.9 Å². The van der Waals surface area contributed by atoms with E-state index in [-0.39, 0.29) is 36.8 Å². The molecule has 0 spiro atoms. The summed E-state index contributed by atoms with van der Waals surface area (Å²) in [5.41, 5.74) is 0.915. The highest BCUT2D eigenvalue weighted by Crippen LogP contribution is 2.46. The van der Waals surface area contributed by atoms with E-state index in [0.29, 0.717) is 12.1 Å². The van der Waals surface area contributed by atoms with Gasteiger partial charge in [-0.3, -0.25) is 4.68 Å². The summed E-state index contributed by atoms with van der Waals surface area (Å²) < 4.78 is 91.8. The lowest BCUT2D eigenvalue weighted by Gasteiger charge is -2.45. The zero-order valence-corrected chi connectivity index (χ0v) is 22.5. The maximum Gasteiger partial charge on any atom is 0.421 e. The maximum absolute atomic E-state index is 13.7. The van der Waals surface area contributed by atoms with E-state index in [1.165, 1.54) is 45.8 Å². The second-order valence-electron chi connectivity index (χ2n) is 10.2. The van der Waals surface area contributed by atoms with Crippen LogP contribution in [0.15, 0.2) is 71.7 Å². The molecule has 4 heterocycles. The molecular weight excluding hydrogens is 564 g/mol. The first-order valence-corrected chi connectivity index (χ1v) is 14.1. The van der Waals surface area contributed by atoms with Crippen LogP contribution in [-0.4, -0.2) is 57.0 Å². The van der Waals surface area contributed by atoms with Gasteiger partial charge in [-0.05, 0) is 60.9 Å². The fourth-order valence-corrected chi connectivity index (χ4v) is 6.94. The Morgan fingerprint density at radius 3 is 2.59 bits per heavy atom. The molecule has 1 atom stereocenters. The number of nitrogens with zero attached hydrogens (tertiary/aromatic N) is 6. The minimum absolute atomic E-state index is 0.0215. The van der Waals surface area contributed by atoms with Gasteiger partial charge in [0.15, 0.2) is 0 Å². The molecule has 0 saturated carbocycles. The number of alkyl halides is 3. The molecule has 2 aliphatic rings. The van der Waals surface area contributed by atoms with Crippen LogP contribution in [0.2, 0.25) is 0 Å². The molecule has 1 saturated heterocycles. The van der Waals surface area contributed by atoms with E-state index in [1.54, 1.807) is 30.1 Å². The Morgan fingerprint density at radius 1 is 1.10 bits per heavy atom. The number of halogens is 4. The van der Waals surface area contributed by atoms with Gasteiger partial charge in [0.2, 0.25) is 15.9 Å². The average molecular weight is 589 g/mol. The molecule has 4 aromatic rings. The van der Waals surface area contributed by atoms with Gasteiger partial charge in [-0.2, -0.15) is 27.7 Å². The number of rotatable bonds is 6. The van der Waals surface area contributed by atoms with Crippen molar-refractivity contribution in [1.82, 2.24) is 28.9 Å². The molecule has 1 aromatic carbocycles. The highest BCUT2D eigenvalue weighted by molar-refractivity contribution is 7.89. The van der Waals surface area contributed by atoms with Crippen LogP contribution < -0.4 is 4.74 Å². The minimum Gasteiger partial charge on any atom is -0.476 e. The fraction of sp³-hybridized carbons (Fsp3) is 0.296. The second-order valence-corrected chi connectivity index (χ2v) is 12.1. The zero-order chi connectivity index (χ0) is 29.0. The topological polar surface area (TPSA) is 95.1 Å². The lowest BCUT2D eigenvalue weighted by molar-refractivity contribution is -0.139. The normalized spacial score (nSPS) is 19.4. The number of aryl methyl sites for hydroxylation is 1. The fourth-order valence-electron chi connectivity index (χ4n) is 5.43. The van der Waals surface area contributed by atoms with Gasteiger partial charge < -0.3 is 4.74 Å². The van der Waals surface area contributed by atoms with E-state index in [2.05, 4.69) is 15.2 Å². The third-order valence-electron chi connectivity index (χ3n) is 7.47. The summed E-state index contributed by atoms with van der Waals surface area (Å²) in [6.45, 7) is -0.132. The molecular formula is C27H24F4N6O3S. The molecule has 0 amide bonds. The number of pyridine rings is 1. The summed E-state index contributed by atoms with van der Waals surface area (Å²) in [6.07, 6.45) is 3.27. The van der Waals surface area contributed by atoms with Crippen LogP contribution in [0, 0.1) is 11.2 Å². The van der Waals surface area contributed by atoms with Crippen molar-refractivity contribution in [2.75, 3.05) is 19.7 Å². The third kappa shape index (κ3) is 4.90. The number of fused-ring (bicyclic) bond motifs is 2. The van der Waals surface area contributed by atoms with Crippen LogP contribution in [0.4, 0.5) is 17.6 Å². The van der Waals surface area contributed by atoms with Gasteiger partial charge in [0, 0.05) is 37.9 Å². The molecule has 41 heavy (non-hydrogen) atoms. The van der Waals surface area contributed by atoms with Crippen molar-refractivity contribution in [2.45, 2.75) is 23.9 Å². The number of benzene rings is 1. The van der Waals surface area contributed by atoms with Crippen LogP contribution in [0.5, 0.6) is 5.88 Å². The number of aromatic nitrogens is 5. The van der Waals surface area contributed by atoms with Gasteiger partial charge in [-0.1, -0.05) is 5.57 Å². The van der Waals surface area contributed by atoms with Crippen molar-refractivity contribution >= 4 is 16.1 Å². The summed E-state index contributed by atoms with van der Waals surface area (Å²) in [7, 11) is -2.34. The molecule has 0 N–H and O–H groups in total. The van der Waals surface area contributed by atoms with E-state index in [4.69, 9.17) is 4.74 Å². The van der Waals surface area contributed by atoms with Crippen molar-refractivity contribution in [1.29, 1.82) is 0 Å². The molecule has 0 unspecified atom stereocenters. The van der Waals surface area contributed by atoms with E-state index >= 15 is 0 Å². The van der Waals surface area contributed by atoms with Gasteiger partial charge in [0.1, 0.15) is 22.9 Å². The molecule has 14 heteroatoms. The van der Waals surface area contributed by atoms with Crippen LogP contribution >= 0.6 is 0 Å². The molecule has 1 fully saturated rings. The maximum atomic E-state index is 13.7. The molecule has 0 radical (unpaired) electrons. The summed E-state index contributed by atoms with van der Waals surface area (Å²) in [4.78, 5) is 3.85. The van der Waals surface area contributed by atoms with Gasteiger partial charge in [0.25, 0.3) is 0 Å². The zero-order valence-electron chi connectivity index (χ0n) is 21.7. The summed E-state index contributed by atoms with van der Waals surface area (Å²) in [5.74, 6) is -0.965. The van der Waals surface area contributed by atoms with Crippen LogP contribution in [0.25, 0.3) is 11.8 Å². The summed E-state index contributed by atoms with van der Waals surface area (Å²) in [5, 5.41) is 8.45. The first-order chi connectivity index (χ1) is 19.5. The Balaban J connectivity index is 1.39. The van der Waals surface area contributed by atoms with E-state index < -0.39 is 33.1 Å². The standard InChI is InChI=1S/C27H24F4N6O3S/c1-35-15-22(14-33-35)41(38,39)36-10-8-19-11-24-18(13-34-37(24)21-6-4-20(28)5-7-21)12-26(19,16-36)17-40-25-23(27(29,30)31)3-2-9-32-25/h2-7,9,11,13-15H,8,10,12,16-17H2,1H3/t26-/m1/s1. The summed E-state index contributed by atoms with van der Waals surface area (Å²) >= 11 is 0. The lowest BCUT2D eigenvalue weighted by atomic mass is 9.69. The quantitative estimate of drug-likeness (QED) is 0.313. The lowest BCUT2D eigenvalue weighted by Crippen LogP contribution is -2.52. The highest BCUT2D eigenvalue weighted by Gasteiger charge is 2.47. The smallest absolute Gasteiger partial charge is 0.421 e. The van der Waals surface area contributed by atoms with Crippen molar-refractivity contribution in [3.05, 3.63) is 89.4 Å². The van der Waals surface area contributed by atoms with Crippen LogP contribution in [0.3, 0.4) is 0 Å². The minimum atomic E-state index is -4.68. The summed E-state index contributed by atoms with van der Waals surface area (Å²) in [6, 6.07) is 7.90. The molecule has 1 aliphatic carbocycles. The van der Waals surface area contributed by atoms with Gasteiger partial charge in [-0.15, -0.1) is 0 Å². The number of hydrogen-bond donors (Lipinski definition) is 0. The van der Waals surface area contributed by atoms with Gasteiger partial charge >= 0.3 is 6.18 Å². The number of sulfonamides is 1. The van der Waals surface area contributed by atoms with E-state index in [9.17, 15) is 26.0 Å². The molecule has 3 aromatic heterocycles. The van der Waals surface area contributed by atoms with Crippen molar-refractivity contribution < 1.29 is 30.7 Å². The van der Waals surface area contributed by atoms with E-state index in [1.807, 2.05) is 6.08 Å². The Labute approximate surface area is 232 Å². The molecule has 9 nitrogen and oxygen atoms in total. The predicted octanol–water partition coefficient (Wildman–Crippen LogP) is 4.26. The van der Waals surface area contributed by atoms with Crippen molar-refractivity contribution in [3.8, 4) is 11.6 Å². The van der Waals surface area contributed by atoms with Gasteiger partial charge in [-0.25, -0.2) is 22.5 Å². The third-order valence-corrected chi connectivity index (χ3v) is 9.27. The molecule has 1 aliphatic heterocycles. The Morgan fingerprint density at radius 2 is 1.88 bits per heavy atom. The monoisotopic (exact) mass is 588 g/mol. The van der Waals surface area contributed by atoms with Crippen LogP contribution in [0.1, 0.15) is 23.2 Å². The largest absolute Gasteiger partial charge is 0.476 e. The van der Waals surface area contributed by atoms with Gasteiger partial charge in [0.05, 0.1) is 23.8 Å². The second kappa shape index (κ2) is 9.80. The Bertz CT molecular complexity index is 1750. The number of ether oxygens (including phenoxy) is 1. The average Bonchev–Trinajstić information content (AvgIpc) is 3.56. The molecule has 6 rings (SSSR count). The number of hydrogen-bond acceptors (Lipinski definition) is 6. The van der Waals surface area contributed by atoms with Crippen LogP contribution in [-0.2, 0) is 29.7 Å². The van der Waals surface area contributed by atoms with Crippen molar-refractivity contribution in [2.24, 2.45) is 12.5 Å². The Hall–Kier alpha value is -4.04. The Kier molecular flexibility index (Phi) is 6.49. The number of piperidine rings is 1.